The van der Waals surface area contributed by atoms with Gasteiger partial charge in [-0.2, -0.15) is 0 Å². The van der Waals surface area contributed by atoms with E-state index in [9.17, 15) is 24.5 Å². The number of nitro benzene ring substituents is 1. The largest absolute Gasteiger partial charge is 0.377 e. The number of amides is 3. The van der Waals surface area contributed by atoms with Crippen LogP contribution in [-0.2, 0) is 9.59 Å². The number of anilines is 2. The number of para-hydroxylation sites is 1. The van der Waals surface area contributed by atoms with Crippen molar-refractivity contribution in [2.75, 3.05) is 17.2 Å². The molecule has 0 bridgehead atoms. The molecule has 3 aromatic rings. The number of carbonyl (C=O) groups excluding carboxylic acids is 3. The van der Waals surface area contributed by atoms with Gasteiger partial charge in [0.1, 0.15) is 12.2 Å². The van der Waals surface area contributed by atoms with E-state index in [0.717, 1.165) is 53.7 Å². The molecule has 5 rings (SSSR count). The Morgan fingerprint density at radius 1 is 1.07 bits per heavy atom. The second-order valence-electron chi connectivity index (χ2n) is 10.3. The summed E-state index contributed by atoms with van der Waals surface area (Å²) in [5, 5.41) is 17.5. The van der Waals surface area contributed by atoms with E-state index in [-0.39, 0.29) is 28.1 Å². The molecule has 1 aromatic heterocycles. The van der Waals surface area contributed by atoms with E-state index in [0.29, 0.717) is 22.6 Å². The molecule has 1 saturated heterocycles. The zero-order valence-electron chi connectivity index (χ0n) is 22.9. The molecule has 10 nitrogen and oxygen atoms in total. The van der Waals surface area contributed by atoms with Crippen molar-refractivity contribution in [3.8, 4) is 5.69 Å². The molecule has 0 radical (unpaired) electrons. The lowest BCUT2D eigenvalue weighted by molar-refractivity contribution is -0.384. The predicted molar refractivity (Wildman–Crippen MR) is 160 cm³/mol. The first kappa shape index (κ1) is 28.2. The molecule has 3 amide bonds. The van der Waals surface area contributed by atoms with Gasteiger partial charge in [-0.15, -0.1) is 0 Å². The van der Waals surface area contributed by atoms with Crippen LogP contribution in [0.2, 0.25) is 0 Å². The van der Waals surface area contributed by atoms with E-state index in [1.807, 2.05) is 36.6 Å². The molecule has 2 heterocycles. The highest BCUT2D eigenvalue weighted by Crippen LogP contribution is 2.35. The van der Waals surface area contributed by atoms with Gasteiger partial charge in [0.15, 0.2) is 0 Å². The lowest BCUT2D eigenvalue weighted by atomic mass is 9.95. The van der Waals surface area contributed by atoms with Gasteiger partial charge < -0.3 is 15.2 Å². The summed E-state index contributed by atoms with van der Waals surface area (Å²) in [5.74, 6) is -1.01. The number of nitrogens with zero attached hydrogens (tertiary/aromatic N) is 3. The summed E-state index contributed by atoms with van der Waals surface area (Å²) < 4.78 is 1.89. The van der Waals surface area contributed by atoms with Crippen LogP contribution in [-0.4, -0.2) is 44.0 Å². The second kappa shape index (κ2) is 12.0. The van der Waals surface area contributed by atoms with Gasteiger partial charge in [-0.1, -0.05) is 37.5 Å². The average molecular weight is 574 g/mol. The first-order valence-electron chi connectivity index (χ1n) is 13.6. The van der Waals surface area contributed by atoms with Crippen LogP contribution in [0.1, 0.15) is 49.1 Å². The van der Waals surface area contributed by atoms with E-state index in [2.05, 4.69) is 10.6 Å². The number of nitrogens with one attached hydrogen (secondary N) is 2. The highest BCUT2D eigenvalue weighted by molar-refractivity contribution is 8.18. The smallest absolute Gasteiger partial charge is 0.294 e. The maximum Gasteiger partial charge on any atom is 0.294 e. The maximum atomic E-state index is 13.0. The summed E-state index contributed by atoms with van der Waals surface area (Å²) in [6.45, 7) is 3.35. The number of hydrogen-bond acceptors (Lipinski definition) is 7. The first-order valence-corrected chi connectivity index (χ1v) is 14.4. The highest BCUT2D eigenvalue weighted by Gasteiger charge is 2.36. The van der Waals surface area contributed by atoms with E-state index in [1.165, 1.54) is 6.42 Å². The molecular formula is C30H31N5O5S. The van der Waals surface area contributed by atoms with Gasteiger partial charge in [0.25, 0.3) is 16.8 Å². The summed E-state index contributed by atoms with van der Waals surface area (Å²) in [7, 11) is 0. The summed E-state index contributed by atoms with van der Waals surface area (Å²) in [6.07, 6.45) is 7.07. The van der Waals surface area contributed by atoms with Crippen LogP contribution in [0.15, 0.2) is 59.5 Å². The van der Waals surface area contributed by atoms with Crippen molar-refractivity contribution in [1.82, 2.24) is 9.47 Å². The van der Waals surface area contributed by atoms with E-state index in [1.54, 1.807) is 42.5 Å². The third-order valence-corrected chi connectivity index (χ3v) is 8.30. The molecule has 1 saturated carbocycles. The number of aryl methyl sites for hydroxylation is 1. The minimum absolute atomic E-state index is 0.0111. The monoisotopic (exact) mass is 573 g/mol. The Morgan fingerprint density at radius 3 is 2.51 bits per heavy atom. The lowest BCUT2D eigenvalue weighted by Gasteiger charge is -2.24. The number of rotatable bonds is 8. The van der Waals surface area contributed by atoms with Gasteiger partial charge >= 0.3 is 0 Å². The van der Waals surface area contributed by atoms with Crippen molar-refractivity contribution >= 4 is 52.0 Å². The van der Waals surface area contributed by atoms with Crippen LogP contribution in [0, 0.1) is 24.0 Å². The molecule has 212 valence electrons. The summed E-state index contributed by atoms with van der Waals surface area (Å²) in [4.78, 5) is 50.8. The Hall–Kier alpha value is -4.38. The number of aromatic nitrogens is 1. The van der Waals surface area contributed by atoms with Crippen LogP contribution < -0.4 is 10.6 Å². The minimum atomic E-state index is -0.540. The zero-order valence-corrected chi connectivity index (χ0v) is 23.7. The topological polar surface area (TPSA) is 127 Å². The normalized spacial score (nSPS) is 16.8. The zero-order chi connectivity index (χ0) is 29.1. The average Bonchev–Trinajstić information content (AvgIpc) is 3.38. The van der Waals surface area contributed by atoms with Gasteiger partial charge in [-0.3, -0.25) is 29.4 Å². The first-order chi connectivity index (χ1) is 19.7. The number of benzene rings is 2. The molecule has 1 aliphatic carbocycles. The number of imide groups is 1. The third-order valence-electron chi connectivity index (χ3n) is 7.39. The number of thioether (sulfide) groups is 1. The summed E-state index contributed by atoms with van der Waals surface area (Å²) in [5.41, 5.74) is 4.01. The Balaban J connectivity index is 1.36. The van der Waals surface area contributed by atoms with Gasteiger partial charge in [0.05, 0.1) is 15.5 Å². The number of carbonyl (C=O) groups is 3. The van der Waals surface area contributed by atoms with Crippen LogP contribution in [0.5, 0.6) is 0 Å². The van der Waals surface area contributed by atoms with Crippen LogP contribution in [0.3, 0.4) is 0 Å². The fourth-order valence-electron chi connectivity index (χ4n) is 5.37. The molecule has 41 heavy (non-hydrogen) atoms. The van der Waals surface area contributed by atoms with Crippen molar-refractivity contribution in [2.45, 2.75) is 52.0 Å². The standard InChI is InChI=1S/C30H31N5O5S/c1-19-15-21(16-27-29(37)33(30(38)41-27)18-28(36)32-23-11-7-4-8-12-23)20(2)34(19)24-13-14-25(26(17-24)35(39)40)31-22-9-5-3-6-10-22/h4,7-8,11-17,22,31H,3,5-6,9-10,18H2,1-2H3,(H,32,36)/b27-16-. The number of nitro groups is 1. The molecule has 0 unspecified atom stereocenters. The van der Waals surface area contributed by atoms with E-state index >= 15 is 0 Å². The Bertz CT molecular complexity index is 1540. The summed E-state index contributed by atoms with van der Waals surface area (Å²) in [6, 6.07) is 16.1. The fourth-order valence-corrected chi connectivity index (χ4v) is 6.20. The lowest BCUT2D eigenvalue weighted by Crippen LogP contribution is -2.36. The molecule has 0 spiro atoms. The van der Waals surface area contributed by atoms with Crippen molar-refractivity contribution in [3.63, 3.8) is 0 Å². The van der Waals surface area contributed by atoms with Crippen LogP contribution >= 0.6 is 11.8 Å². The Labute approximate surface area is 241 Å². The molecule has 1 aliphatic heterocycles. The van der Waals surface area contributed by atoms with Crippen molar-refractivity contribution in [1.29, 1.82) is 0 Å². The molecule has 2 N–H and O–H groups in total. The molecule has 2 aliphatic rings. The van der Waals surface area contributed by atoms with Gasteiger partial charge in [-0.05, 0) is 80.4 Å². The van der Waals surface area contributed by atoms with E-state index < -0.39 is 17.1 Å². The third kappa shape index (κ3) is 6.19. The van der Waals surface area contributed by atoms with Crippen molar-refractivity contribution in [2.24, 2.45) is 0 Å². The van der Waals surface area contributed by atoms with Crippen molar-refractivity contribution in [3.05, 3.63) is 86.6 Å². The quantitative estimate of drug-likeness (QED) is 0.181. The SMILES string of the molecule is Cc1cc(/C=C2\SC(=O)N(CC(=O)Nc3ccccc3)C2=O)c(C)n1-c1ccc(NC2CCCCC2)c([N+](=O)[O-])c1. The Kier molecular flexibility index (Phi) is 8.25. The number of hydrogen-bond donors (Lipinski definition) is 2. The minimum Gasteiger partial charge on any atom is -0.377 e. The Morgan fingerprint density at radius 2 is 1.80 bits per heavy atom. The molecule has 0 atom stereocenters. The van der Waals surface area contributed by atoms with Gasteiger partial charge in [0, 0.05) is 29.2 Å². The van der Waals surface area contributed by atoms with Gasteiger partial charge in [0.2, 0.25) is 5.91 Å². The molecular weight excluding hydrogens is 542 g/mol. The van der Waals surface area contributed by atoms with E-state index in [4.69, 9.17) is 0 Å². The van der Waals surface area contributed by atoms with Crippen molar-refractivity contribution < 1.29 is 19.3 Å². The fraction of sp³-hybridized carbons (Fsp3) is 0.300. The molecule has 2 fully saturated rings. The van der Waals surface area contributed by atoms with Crippen LogP contribution in [0.4, 0.5) is 21.9 Å². The summed E-state index contributed by atoms with van der Waals surface area (Å²) >= 11 is 0.781. The van der Waals surface area contributed by atoms with Crippen LogP contribution in [0.25, 0.3) is 11.8 Å². The highest BCUT2D eigenvalue weighted by atomic mass is 32.2. The predicted octanol–water partition coefficient (Wildman–Crippen LogP) is 6.42. The maximum absolute atomic E-state index is 13.0. The molecule has 2 aromatic carbocycles. The molecule has 11 heteroatoms. The second-order valence-corrected chi connectivity index (χ2v) is 11.3. The van der Waals surface area contributed by atoms with Gasteiger partial charge in [-0.25, -0.2) is 0 Å².